The number of hydrogen-bond acceptors (Lipinski definition) is 4. The maximum atomic E-state index is 12.5. The third-order valence-corrected chi connectivity index (χ3v) is 6.11. The van der Waals surface area contributed by atoms with E-state index in [1.807, 2.05) is 12.1 Å². The SMILES string of the molecule is COc1ccc(S(=O)(=O)NCc2ccc(N3CCCC3)cc2)c(C)c1. The lowest BCUT2D eigenvalue weighted by Crippen LogP contribution is -2.24. The second-order valence-corrected chi connectivity index (χ2v) is 8.05. The maximum Gasteiger partial charge on any atom is 0.241 e. The molecule has 1 heterocycles. The molecular weight excluding hydrogens is 336 g/mol. The molecule has 0 spiro atoms. The van der Waals surface area contributed by atoms with E-state index in [2.05, 4.69) is 21.8 Å². The summed E-state index contributed by atoms with van der Waals surface area (Å²) in [4.78, 5) is 2.64. The van der Waals surface area contributed by atoms with E-state index in [4.69, 9.17) is 4.74 Å². The highest BCUT2D eigenvalue weighted by Gasteiger charge is 2.17. The van der Waals surface area contributed by atoms with Crippen LogP contribution in [0, 0.1) is 6.92 Å². The molecular formula is C19H24N2O3S. The number of rotatable bonds is 6. The second-order valence-electron chi connectivity index (χ2n) is 6.32. The van der Waals surface area contributed by atoms with Crippen molar-refractivity contribution < 1.29 is 13.2 Å². The van der Waals surface area contributed by atoms with Gasteiger partial charge in [0.15, 0.2) is 0 Å². The van der Waals surface area contributed by atoms with E-state index in [0.29, 0.717) is 11.3 Å². The molecule has 0 atom stereocenters. The zero-order chi connectivity index (χ0) is 17.9. The van der Waals surface area contributed by atoms with Gasteiger partial charge in [0.25, 0.3) is 0 Å². The van der Waals surface area contributed by atoms with Gasteiger partial charge in [0.2, 0.25) is 10.0 Å². The Morgan fingerprint density at radius 1 is 1.08 bits per heavy atom. The van der Waals surface area contributed by atoms with Crippen molar-refractivity contribution in [3.05, 3.63) is 53.6 Å². The summed E-state index contributed by atoms with van der Waals surface area (Å²) < 4.78 is 32.9. The predicted octanol–water partition coefficient (Wildman–Crippen LogP) is 3.08. The average Bonchev–Trinajstić information content (AvgIpc) is 3.15. The van der Waals surface area contributed by atoms with Crippen LogP contribution in [0.1, 0.15) is 24.0 Å². The zero-order valence-corrected chi connectivity index (χ0v) is 15.5. The van der Waals surface area contributed by atoms with Crippen LogP contribution in [0.2, 0.25) is 0 Å². The average molecular weight is 360 g/mol. The standard InChI is InChI=1S/C19H24N2O3S/c1-15-13-18(24-2)9-10-19(15)25(22,23)20-14-16-5-7-17(8-6-16)21-11-3-4-12-21/h5-10,13,20H,3-4,11-12,14H2,1-2H3. The molecule has 0 unspecified atom stereocenters. The van der Waals surface area contributed by atoms with Gasteiger partial charge in [-0.2, -0.15) is 0 Å². The molecule has 1 aliphatic heterocycles. The molecule has 1 fully saturated rings. The van der Waals surface area contributed by atoms with Gasteiger partial charge in [-0.1, -0.05) is 12.1 Å². The molecule has 25 heavy (non-hydrogen) atoms. The first-order valence-electron chi connectivity index (χ1n) is 8.48. The van der Waals surface area contributed by atoms with Crippen LogP contribution < -0.4 is 14.4 Å². The fraction of sp³-hybridized carbons (Fsp3) is 0.368. The molecule has 3 rings (SSSR count). The fourth-order valence-corrected chi connectivity index (χ4v) is 4.35. The van der Waals surface area contributed by atoms with Crippen molar-refractivity contribution >= 4 is 15.7 Å². The first-order chi connectivity index (χ1) is 12.0. The third kappa shape index (κ3) is 4.14. The molecule has 0 aliphatic carbocycles. The number of hydrogen-bond donors (Lipinski definition) is 1. The van der Waals surface area contributed by atoms with Crippen molar-refractivity contribution in [1.29, 1.82) is 0 Å². The minimum Gasteiger partial charge on any atom is -0.497 e. The molecule has 2 aromatic carbocycles. The molecule has 1 saturated heterocycles. The Morgan fingerprint density at radius 3 is 2.36 bits per heavy atom. The number of benzene rings is 2. The monoisotopic (exact) mass is 360 g/mol. The van der Waals surface area contributed by atoms with Crippen molar-refractivity contribution in [1.82, 2.24) is 4.72 Å². The Hall–Kier alpha value is -2.05. The Labute approximate surface area is 149 Å². The van der Waals surface area contributed by atoms with Gasteiger partial charge in [0.1, 0.15) is 5.75 Å². The number of methoxy groups -OCH3 is 1. The highest BCUT2D eigenvalue weighted by molar-refractivity contribution is 7.89. The summed E-state index contributed by atoms with van der Waals surface area (Å²) in [7, 11) is -1.99. The lowest BCUT2D eigenvalue weighted by Gasteiger charge is -2.17. The second kappa shape index (κ2) is 7.45. The largest absolute Gasteiger partial charge is 0.497 e. The molecule has 5 nitrogen and oxygen atoms in total. The molecule has 0 aromatic heterocycles. The van der Waals surface area contributed by atoms with Gasteiger partial charge in [-0.15, -0.1) is 0 Å². The summed E-state index contributed by atoms with van der Waals surface area (Å²) >= 11 is 0. The summed E-state index contributed by atoms with van der Waals surface area (Å²) in [5.41, 5.74) is 2.81. The van der Waals surface area contributed by atoms with Crippen LogP contribution in [-0.4, -0.2) is 28.6 Å². The molecule has 0 radical (unpaired) electrons. The summed E-state index contributed by atoms with van der Waals surface area (Å²) in [6.45, 7) is 4.24. The van der Waals surface area contributed by atoms with E-state index in [9.17, 15) is 8.42 Å². The van der Waals surface area contributed by atoms with Crippen molar-refractivity contribution in [3.63, 3.8) is 0 Å². The quantitative estimate of drug-likeness (QED) is 0.860. The van der Waals surface area contributed by atoms with Crippen LogP contribution in [0.5, 0.6) is 5.75 Å². The smallest absolute Gasteiger partial charge is 0.241 e. The van der Waals surface area contributed by atoms with E-state index >= 15 is 0 Å². The van der Waals surface area contributed by atoms with Gasteiger partial charge >= 0.3 is 0 Å². The van der Waals surface area contributed by atoms with Crippen LogP contribution in [0.25, 0.3) is 0 Å². The molecule has 0 saturated carbocycles. The van der Waals surface area contributed by atoms with Gasteiger partial charge < -0.3 is 9.64 Å². The van der Waals surface area contributed by atoms with Crippen LogP contribution >= 0.6 is 0 Å². The molecule has 134 valence electrons. The Kier molecular flexibility index (Phi) is 5.30. The van der Waals surface area contributed by atoms with E-state index < -0.39 is 10.0 Å². The topological polar surface area (TPSA) is 58.6 Å². The zero-order valence-electron chi connectivity index (χ0n) is 14.7. The third-order valence-electron chi connectivity index (χ3n) is 4.55. The van der Waals surface area contributed by atoms with Crippen LogP contribution in [-0.2, 0) is 16.6 Å². The summed E-state index contributed by atoms with van der Waals surface area (Å²) in [5.74, 6) is 0.647. The van der Waals surface area contributed by atoms with E-state index in [-0.39, 0.29) is 11.4 Å². The number of sulfonamides is 1. The van der Waals surface area contributed by atoms with Crippen molar-refractivity contribution in [3.8, 4) is 5.75 Å². The highest BCUT2D eigenvalue weighted by Crippen LogP contribution is 2.22. The number of nitrogens with one attached hydrogen (secondary N) is 1. The first kappa shape index (κ1) is 17.8. The molecule has 6 heteroatoms. The van der Waals surface area contributed by atoms with Crippen molar-refractivity contribution in [2.45, 2.75) is 31.2 Å². The van der Waals surface area contributed by atoms with Crippen LogP contribution in [0.3, 0.4) is 0 Å². The normalized spacial score (nSPS) is 14.7. The van der Waals surface area contributed by atoms with E-state index in [1.54, 1.807) is 32.2 Å². The predicted molar refractivity (Wildman–Crippen MR) is 99.6 cm³/mol. The van der Waals surface area contributed by atoms with Gasteiger partial charge in [0, 0.05) is 25.3 Å². The maximum absolute atomic E-state index is 12.5. The van der Waals surface area contributed by atoms with Crippen LogP contribution in [0.4, 0.5) is 5.69 Å². The summed E-state index contributed by atoms with van der Waals surface area (Å²) in [6, 6.07) is 13.0. The summed E-state index contributed by atoms with van der Waals surface area (Å²) in [5, 5.41) is 0. The van der Waals surface area contributed by atoms with Gasteiger partial charge in [-0.25, -0.2) is 13.1 Å². The van der Waals surface area contributed by atoms with Gasteiger partial charge in [-0.05, 0) is 61.2 Å². The fourth-order valence-electron chi connectivity index (χ4n) is 3.11. The molecule has 1 aliphatic rings. The Morgan fingerprint density at radius 2 is 1.76 bits per heavy atom. The summed E-state index contributed by atoms with van der Waals surface area (Å²) in [6.07, 6.45) is 2.48. The Balaban J connectivity index is 1.67. The number of ether oxygens (including phenoxy) is 1. The molecule has 2 aromatic rings. The lowest BCUT2D eigenvalue weighted by atomic mass is 10.2. The van der Waals surface area contributed by atoms with Gasteiger partial charge in [0.05, 0.1) is 12.0 Å². The van der Waals surface area contributed by atoms with Crippen molar-refractivity contribution in [2.75, 3.05) is 25.1 Å². The minimum absolute atomic E-state index is 0.272. The minimum atomic E-state index is -3.56. The highest BCUT2D eigenvalue weighted by atomic mass is 32.2. The van der Waals surface area contributed by atoms with Gasteiger partial charge in [-0.3, -0.25) is 0 Å². The number of aryl methyl sites for hydroxylation is 1. The number of anilines is 1. The van der Waals surface area contributed by atoms with Crippen LogP contribution in [0.15, 0.2) is 47.4 Å². The van der Waals surface area contributed by atoms with E-state index in [0.717, 1.165) is 18.7 Å². The van der Waals surface area contributed by atoms with E-state index in [1.165, 1.54) is 18.5 Å². The first-order valence-corrected chi connectivity index (χ1v) is 9.96. The molecule has 0 bridgehead atoms. The Bertz CT molecular complexity index is 826. The number of nitrogens with zero attached hydrogens (tertiary/aromatic N) is 1. The lowest BCUT2D eigenvalue weighted by molar-refractivity contribution is 0.414. The van der Waals surface area contributed by atoms with Crippen molar-refractivity contribution in [2.24, 2.45) is 0 Å². The molecule has 0 amide bonds. The molecule has 1 N–H and O–H groups in total.